The molecular weight excluding hydrogens is 395 g/mol. The summed E-state index contributed by atoms with van der Waals surface area (Å²) in [6, 6.07) is 11.6. The number of pyridine rings is 1. The molecule has 132 valence electrons. The molecule has 0 atom stereocenters. The van der Waals surface area contributed by atoms with Crippen LogP contribution in [0.15, 0.2) is 52.2 Å². The minimum absolute atomic E-state index is 0.0131. The standard InChI is InChI=1S/C18H12Cl2N2O3S/c1-26(24,25)11-4-2-3-9(7-11)14-15(20)18(23)22-16-12-8-10(19)5-6-13(12)21-17(14)16/h2-8,21H,1H3,(H,22,23). The predicted octanol–water partition coefficient (Wildman–Crippen LogP) is 4.39. The summed E-state index contributed by atoms with van der Waals surface area (Å²) >= 11 is 12.4. The molecule has 0 radical (unpaired) electrons. The first-order valence-corrected chi connectivity index (χ1v) is 10.2. The molecule has 0 fully saturated rings. The molecular formula is C18H12Cl2N2O3S. The molecule has 0 spiro atoms. The molecule has 0 saturated heterocycles. The van der Waals surface area contributed by atoms with Gasteiger partial charge in [-0.3, -0.25) is 4.79 Å². The van der Waals surface area contributed by atoms with E-state index in [1.165, 1.54) is 12.1 Å². The van der Waals surface area contributed by atoms with Crippen molar-refractivity contribution in [3.63, 3.8) is 0 Å². The highest BCUT2D eigenvalue weighted by Gasteiger charge is 2.18. The van der Waals surface area contributed by atoms with Crippen LogP contribution in [0.2, 0.25) is 10.0 Å². The quantitative estimate of drug-likeness (QED) is 0.517. The molecule has 2 aromatic carbocycles. The molecule has 2 heterocycles. The van der Waals surface area contributed by atoms with E-state index in [4.69, 9.17) is 23.2 Å². The number of nitrogens with one attached hydrogen (secondary N) is 2. The molecule has 0 bridgehead atoms. The van der Waals surface area contributed by atoms with Crippen molar-refractivity contribution in [2.45, 2.75) is 4.90 Å². The van der Waals surface area contributed by atoms with E-state index in [-0.39, 0.29) is 9.92 Å². The van der Waals surface area contributed by atoms with Gasteiger partial charge in [0.2, 0.25) is 0 Å². The lowest BCUT2D eigenvalue weighted by Gasteiger charge is -2.08. The fraction of sp³-hybridized carbons (Fsp3) is 0.0556. The van der Waals surface area contributed by atoms with Crippen LogP contribution in [-0.2, 0) is 9.84 Å². The third kappa shape index (κ3) is 2.70. The Kier molecular flexibility index (Phi) is 3.87. The van der Waals surface area contributed by atoms with Crippen molar-refractivity contribution in [2.24, 2.45) is 0 Å². The van der Waals surface area contributed by atoms with Gasteiger partial charge in [0.25, 0.3) is 5.56 Å². The van der Waals surface area contributed by atoms with Crippen LogP contribution in [0.5, 0.6) is 0 Å². The smallest absolute Gasteiger partial charge is 0.267 e. The summed E-state index contributed by atoms with van der Waals surface area (Å²) in [5.41, 5.74) is 2.48. The third-order valence-corrected chi connectivity index (χ3v) is 5.92. The summed E-state index contributed by atoms with van der Waals surface area (Å²) in [7, 11) is -3.40. The van der Waals surface area contributed by atoms with Crippen molar-refractivity contribution >= 4 is 55.0 Å². The van der Waals surface area contributed by atoms with Gasteiger partial charge in [-0.15, -0.1) is 0 Å². The van der Waals surface area contributed by atoms with E-state index in [0.717, 1.165) is 17.2 Å². The number of aromatic amines is 2. The van der Waals surface area contributed by atoms with Crippen LogP contribution in [0.25, 0.3) is 33.1 Å². The van der Waals surface area contributed by atoms with Crippen molar-refractivity contribution in [1.82, 2.24) is 9.97 Å². The second-order valence-corrected chi connectivity index (χ2v) is 8.84. The zero-order chi connectivity index (χ0) is 18.6. The van der Waals surface area contributed by atoms with Crippen molar-refractivity contribution in [3.8, 4) is 11.1 Å². The van der Waals surface area contributed by atoms with Gasteiger partial charge in [0.1, 0.15) is 5.02 Å². The summed E-state index contributed by atoms with van der Waals surface area (Å²) in [4.78, 5) is 18.5. The number of fused-ring (bicyclic) bond motifs is 3. The van der Waals surface area contributed by atoms with Gasteiger partial charge in [-0.05, 0) is 35.9 Å². The second-order valence-electron chi connectivity index (χ2n) is 6.01. The first kappa shape index (κ1) is 17.1. The molecule has 2 N–H and O–H groups in total. The number of halogens is 2. The zero-order valence-corrected chi connectivity index (χ0v) is 15.8. The molecule has 2 aromatic heterocycles. The van der Waals surface area contributed by atoms with Gasteiger partial charge in [-0.1, -0.05) is 35.3 Å². The fourth-order valence-electron chi connectivity index (χ4n) is 3.03. The molecule has 0 unspecified atom stereocenters. The molecule has 0 aliphatic carbocycles. The monoisotopic (exact) mass is 406 g/mol. The lowest BCUT2D eigenvalue weighted by atomic mass is 10.0. The van der Waals surface area contributed by atoms with E-state index >= 15 is 0 Å². The molecule has 8 heteroatoms. The van der Waals surface area contributed by atoms with Crippen molar-refractivity contribution in [2.75, 3.05) is 6.26 Å². The van der Waals surface area contributed by atoms with Crippen LogP contribution < -0.4 is 5.56 Å². The summed E-state index contributed by atoms with van der Waals surface area (Å²) in [5, 5.41) is 1.28. The van der Waals surface area contributed by atoms with Gasteiger partial charge in [0.15, 0.2) is 9.84 Å². The molecule has 4 aromatic rings. The van der Waals surface area contributed by atoms with Crippen LogP contribution >= 0.6 is 23.2 Å². The van der Waals surface area contributed by atoms with E-state index in [2.05, 4.69) is 9.97 Å². The number of aromatic nitrogens is 2. The molecule has 0 amide bonds. The van der Waals surface area contributed by atoms with Crippen molar-refractivity contribution in [1.29, 1.82) is 0 Å². The summed E-state index contributed by atoms with van der Waals surface area (Å²) < 4.78 is 23.8. The molecule has 5 nitrogen and oxygen atoms in total. The predicted molar refractivity (Wildman–Crippen MR) is 105 cm³/mol. The topological polar surface area (TPSA) is 82.8 Å². The summed E-state index contributed by atoms with van der Waals surface area (Å²) in [6.07, 6.45) is 1.13. The molecule has 26 heavy (non-hydrogen) atoms. The fourth-order valence-corrected chi connectivity index (χ4v) is 4.12. The normalized spacial score (nSPS) is 12.1. The van der Waals surface area contributed by atoms with Crippen LogP contribution in [0, 0.1) is 0 Å². The van der Waals surface area contributed by atoms with Crippen LogP contribution in [-0.4, -0.2) is 24.6 Å². The Morgan fingerprint density at radius 3 is 2.46 bits per heavy atom. The van der Waals surface area contributed by atoms with E-state index < -0.39 is 15.4 Å². The van der Waals surface area contributed by atoms with E-state index in [0.29, 0.717) is 27.2 Å². The average molecular weight is 407 g/mol. The molecule has 0 aliphatic heterocycles. The number of H-pyrrole nitrogens is 2. The number of hydrogen-bond acceptors (Lipinski definition) is 3. The number of benzene rings is 2. The average Bonchev–Trinajstić information content (AvgIpc) is 2.92. The lowest BCUT2D eigenvalue weighted by molar-refractivity contribution is 0.602. The van der Waals surface area contributed by atoms with Gasteiger partial charge in [-0.2, -0.15) is 0 Å². The zero-order valence-electron chi connectivity index (χ0n) is 13.4. The summed E-state index contributed by atoms with van der Waals surface area (Å²) in [5.74, 6) is 0. The minimum atomic E-state index is -3.40. The lowest BCUT2D eigenvalue weighted by Crippen LogP contribution is -2.08. The van der Waals surface area contributed by atoms with Crippen LogP contribution in [0.1, 0.15) is 0 Å². The number of rotatable bonds is 2. The van der Waals surface area contributed by atoms with Crippen LogP contribution in [0.4, 0.5) is 0 Å². The van der Waals surface area contributed by atoms with Gasteiger partial charge >= 0.3 is 0 Å². The van der Waals surface area contributed by atoms with Crippen molar-refractivity contribution in [3.05, 3.63) is 62.9 Å². The second kappa shape index (κ2) is 5.87. The van der Waals surface area contributed by atoms with Gasteiger partial charge in [0.05, 0.1) is 15.9 Å². The molecule has 0 aliphatic rings. The van der Waals surface area contributed by atoms with Crippen molar-refractivity contribution < 1.29 is 8.42 Å². The Hall–Kier alpha value is -2.28. The van der Waals surface area contributed by atoms with E-state index in [9.17, 15) is 13.2 Å². The number of hydrogen-bond donors (Lipinski definition) is 2. The summed E-state index contributed by atoms with van der Waals surface area (Å²) in [6.45, 7) is 0. The Labute approximate surface area is 158 Å². The van der Waals surface area contributed by atoms with Gasteiger partial charge < -0.3 is 9.97 Å². The molecule has 4 rings (SSSR count). The van der Waals surface area contributed by atoms with Gasteiger partial charge in [-0.25, -0.2) is 8.42 Å². The maximum atomic E-state index is 12.4. The maximum absolute atomic E-state index is 12.4. The number of sulfone groups is 1. The highest BCUT2D eigenvalue weighted by molar-refractivity contribution is 7.90. The molecule has 0 saturated carbocycles. The Morgan fingerprint density at radius 2 is 1.73 bits per heavy atom. The van der Waals surface area contributed by atoms with E-state index in [1.54, 1.807) is 30.3 Å². The Bertz CT molecular complexity index is 1350. The first-order chi connectivity index (χ1) is 12.3. The highest BCUT2D eigenvalue weighted by Crippen LogP contribution is 2.36. The SMILES string of the molecule is CS(=O)(=O)c1cccc(-c2c(Cl)c(=O)[nH]c3c2[nH]c2ccc(Cl)cc23)c1. The highest BCUT2D eigenvalue weighted by atomic mass is 35.5. The van der Waals surface area contributed by atoms with Gasteiger partial charge in [0, 0.05) is 27.7 Å². The maximum Gasteiger partial charge on any atom is 0.267 e. The first-order valence-electron chi connectivity index (χ1n) is 7.59. The van der Waals surface area contributed by atoms with E-state index in [1.807, 2.05) is 0 Å². The van der Waals surface area contributed by atoms with Crippen LogP contribution in [0.3, 0.4) is 0 Å². The third-order valence-electron chi connectivity index (χ3n) is 4.22. The largest absolute Gasteiger partial charge is 0.353 e. The minimum Gasteiger partial charge on any atom is -0.353 e. The Morgan fingerprint density at radius 1 is 0.962 bits per heavy atom. The Balaban J connectivity index is 2.14.